The maximum atomic E-state index is 11.8. The molecule has 4 rings (SSSR count). The van der Waals surface area contributed by atoms with Crippen molar-refractivity contribution in [1.29, 1.82) is 0 Å². The fraction of sp³-hybridized carbons (Fsp3) is 0.133. The molecule has 0 heterocycles. The minimum Gasteiger partial charge on any atom is -0.433 e. The summed E-state index contributed by atoms with van der Waals surface area (Å²) < 4.78 is 11.4. The molecule has 0 aliphatic carbocycles. The molecule has 0 aliphatic rings. The molecule has 6 heteroatoms. The van der Waals surface area contributed by atoms with Gasteiger partial charge in [-0.1, -0.05) is 121 Å². The van der Waals surface area contributed by atoms with Crippen molar-refractivity contribution >= 4 is 12.9 Å². The van der Waals surface area contributed by atoms with Crippen LogP contribution in [0.1, 0.15) is 22.3 Å². The van der Waals surface area contributed by atoms with E-state index in [-0.39, 0.29) is 12.8 Å². The van der Waals surface area contributed by atoms with E-state index in [1.165, 1.54) is 0 Å². The summed E-state index contributed by atoms with van der Waals surface area (Å²) in [6, 6.07) is 37.6. The summed E-state index contributed by atoms with van der Waals surface area (Å²) >= 11 is 0. The van der Waals surface area contributed by atoms with Gasteiger partial charge in [0.05, 0.1) is 0 Å². The highest BCUT2D eigenvalue weighted by atomic mass is 16.6. The molecule has 2 unspecified atom stereocenters. The summed E-state index contributed by atoms with van der Waals surface area (Å²) in [6.07, 6.45) is 0.467. The average molecular weight is 479 g/mol. The lowest BCUT2D eigenvalue weighted by molar-refractivity contribution is -0.150. The van der Waals surface area contributed by atoms with Gasteiger partial charge in [-0.25, -0.2) is 0 Å². The summed E-state index contributed by atoms with van der Waals surface area (Å²) in [5.41, 5.74) is 0.106. The van der Waals surface area contributed by atoms with Gasteiger partial charge in [-0.15, -0.1) is 10.2 Å². The Balaban J connectivity index is 1.88. The Hall–Kier alpha value is -4.58. The first-order chi connectivity index (χ1) is 17.7. The number of rotatable bonds is 12. The second-order valence-corrected chi connectivity index (χ2v) is 8.25. The lowest BCUT2D eigenvalue weighted by atomic mass is 9.94. The second kappa shape index (κ2) is 11.7. The van der Waals surface area contributed by atoms with Gasteiger partial charge >= 0.3 is 0 Å². The number of nitrogens with zero attached hydrogens (tertiary/aromatic N) is 2. The topological polar surface area (TPSA) is 77.3 Å². The molecule has 4 aromatic rings. The summed E-state index contributed by atoms with van der Waals surface area (Å²) in [5.74, 6) is 0. The molecule has 0 aromatic heterocycles. The number of benzene rings is 4. The predicted molar refractivity (Wildman–Crippen MR) is 136 cm³/mol. The van der Waals surface area contributed by atoms with Gasteiger partial charge in [0, 0.05) is 24.0 Å². The largest absolute Gasteiger partial charge is 0.433 e. The van der Waals surface area contributed by atoms with Gasteiger partial charge in [0.15, 0.2) is 0 Å². The van der Waals surface area contributed by atoms with Crippen LogP contribution in [-0.4, -0.2) is 12.9 Å². The number of carbonyl (C=O) groups is 2. The van der Waals surface area contributed by atoms with E-state index in [2.05, 4.69) is 10.2 Å². The summed E-state index contributed by atoms with van der Waals surface area (Å²) in [4.78, 5) is 23.6. The van der Waals surface area contributed by atoms with Crippen molar-refractivity contribution in [3.63, 3.8) is 0 Å². The Morgan fingerprint density at radius 3 is 1.11 bits per heavy atom. The van der Waals surface area contributed by atoms with Gasteiger partial charge < -0.3 is 9.47 Å². The Morgan fingerprint density at radius 2 is 0.806 bits per heavy atom. The third-order valence-corrected chi connectivity index (χ3v) is 5.88. The molecule has 6 nitrogen and oxygen atoms in total. The molecule has 180 valence electrons. The van der Waals surface area contributed by atoms with Crippen LogP contribution in [0.25, 0.3) is 0 Å². The lowest BCUT2D eigenvalue weighted by Crippen LogP contribution is -2.34. The van der Waals surface area contributed by atoms with Crippen LogP contribution in [0.4, 0.5) is 0 Å². The highest BCUT2D eigenvalue weighted by Crippen LogP contribution is 2.37. The first-order valence-corrected chi connectivity index (χ1v) is 11.6. The van der Waals surface area contributed by atoms with E-state index in [1.54, 1.807) is 0 Å². The molecule has 0 fully saturated rings. The normalized spacial score (nSPS) is 14.3. The number of hydrogen-bond donors (Lipinski definition) is 0. The molecule has 0 bridgehead atoms. The van der Waals surface area contributed by atoms with Crippen LogP contribution < -0.4 is 0 Å². The molecular formula is C30H26N2O4. The van der Waals surface area contributed by atoms with Crippen LogP contribution in [0, 0.1) is 0 Å². The van der Waals surface area contributed by atoms with Crippen molar-refractivity contribution in [2.75, 3.05) is 0 Å². The molecule has 0 amide bonds. The van der Waals surface area contributed by atoms with Gasteiger partial charge in [0.25, 0.3) is 24.4 Å². The van der Waals surface area contributed by atoms with E-state index in [1.807, 2.05) is 121 Å². The zero-order valence-corrected chi connectivity index (χ0v) is 19.6. The zero-order chi connectivity index (χ0) is 25.1. The monoisotopic (exact) mass is 478 g/mol. The maximum absolute atomic E-state index is 11.8. The maximum Gasteiger partial charge on any atom is 0.295 e. The van der Waals surface area contributed by atoms with E-state index < -0.39 is 11.4 Å². The van der Waals surface area contributed by atoms with E-state index in [0.29, 0.717) is 24.1 Å². The molecule has 4 aromatic carbocycles. The SMILES string of the molecule is O=COC(Cc1ccccc1)(/N=N/C(Cc1ccccc1)(OC=O)c1ccccc1)c1ccccc1. The molecule has 0 radical (unpaired) electrons. The molecule has 0 N–H and O–H groups in total. The standard InChI is InChI=1S/C30H26N2O4/c33-23-35-29(27-17-9-3-10-18-27,21-25-13-5-1-6-14-25)31-32-30(36-24-34,28-19-11-4-12-20-28)22-26-15-7-2-8-16-26/h1-20,23-24H,21-22H2/b32-31+. The van der Waals surface area contributed by atoms with Crippen molar-refractivity contribution in [2.24, 2.45) is 10.2 Å². The molecule has 0 aliphatic heterocycles. The molecular weight excluding hydrogens is 452 g/mol. The van der Waals surface area contributed by atoms with Gasteiger partial charge in [-0.2, -0.15) is 0 Å². The van der Waals surface area contributed by atoms with Crippen LogP contribution in [0.2, 0.25) is 0 Å². The highest BCUT2D eigenvalue weighted by Gasteiger charge is 2.40. The smallest absolute Gasteiger partial charge is 0.295 e. The summed E-state index contributed by atoms with van der Waals surface area (Å²) in [7, 11) is 0. The first kappa shape index (κ1) is 24.5. The van der Waals surface area contributed by atoms with E-state index in [4.69, 9.17) is 9.47 Å². The Kier molecular flexibility index (Phi) is 7.98. The van der Waals surface area contributed by atoms with Crippen molar-refractivity contribution in [3.8, 4) is 0 Å². The third kappa shape index (κ3) is 5.73. The van der Waals surface area contributed by atoms with Crippen LogP contribution in [0.3, 0.4) is 0 Å². The Bertz CT molecular complexity index is 1170. The fourth-order valence-corrected chi connectivity index (χ4v) is 4.12. The zero-order valence-electron chi connectivity index (χ0n) is 19.6. The molecule has 2 atom stereocenters. The van der Waals surface area contributed by atoms with Crippen molar-refractivity contribution in [2.45, 2.75) is 24.3 Å². The molecule has 0 saturated heterocycles. The first-order valence-electron chi connectivity index (χ1n) is 11.6. The van der Waals surface area contributed by atoms with Crippen molar-refractivity contribution in [1.82, 2.24) is 0 Å². The van der Waals surface area contributed by atoms with Crippen LogP contribution in [-0.2, 0) is 43.4 Å². The van der Waals surface area contributed by atoms with Gasteiger partial charge in [0.2, 0.25) is 0 Å². The van der Waals surface area contributed by atoms with Crippen molar-refractivity contribution < 1.29 is 19.1 Å². The number of carbonyl (C=O) groups excluding carboxylic acids is 2. The number of ether oxygens (including phenoxy) is 2. The Labute approximate surface area is 210 Å². The second-order valence-electron chi connectivity index (χ2n) is 8.25. The fourth-order valence-electron chi connectivity index (χ4n) is 4.12. The summed E-state index contributed by atoms with van der Waals surface area (Å²) in [6.45, 7) is 0.744. The predicted octanol–water partition coefficient (Wildman–Crippen LogP) is 5.98. The lowest BCUT2D eigenvalue weighted by Gasteiger charge is -2.31. The van der Waals surface area contributed by atoms with E-state index >= 15 is 0 Å². The summed E-state index contributed by atoms with van der Waals surface area (Å²) in [5, 5.41) is 9.32. The highest BCUT2D eigenvalue weighted by molar-refractivity contribution is 5.42. The van der Waals surface area contributed by atoms with Gasteiger partial charge in [-0.05, 0) is 11.1 Å². The number of azo groups is 1. The average Bonchev–Trinajstić information content (AvgIpc) is 2.94. The van der Waals surface area contributed by atoms with Crippen molar-refractivity contribution in [3.05, 3.63) is 144 Å². The minimum absolute atomic E-state index is 0.234. The molecule has 0 saturated carbocycles. The van der Waals surface area contributed by atoms with E-state index in [0.717, 1.165) is 11.1 Å². The minimum atomic E-state index is -1.48. The van der Waals surface area contributed by atoms with Gasteiger partial charge in [0.1, 0.15) is 0 Å². The van der Waals surface area contributed by atoms with Crippen LogP contribution >= 0.6 is 0 Å². The molecule has 36 heavy (non-hydrogen) atoms. The molecule has 0 spiro atoms. The van der Waals surface area contributed by atoms with Crippen LogP contribution in [0.5, 0.6) is 0 Å². The van der Waals surface area contributed by atoms with Crippen LogP contribution in [0.15, 0.2) is 132 Å². The Morgan fingerprint density at radius 1 is 0.500 bits per heavy atom. The number of hydrogen-bond acceptors (Lipinski definition) is 6. The quantitative estimate of drug-likeness (QED) is 0.185. The third-order valence-electron chi connectivity index (χ3n) is 5.88. The van der Waals surface area contributed by atoms with E-state index in [9.17, 15) is 9.59 Å². The van der Waals surface area contributed by atoms with Gasteiger partial charge in [-0.3, -0.25) is 9.59 Å².